The van der Waals surface area contributed by atoms with Crippen molar-refractivity contribution >= 4 is 29.0 Å². The highest BCUT2D eigenvalue weighted by atomic mass is 35.5. The molecule has 14 nitrogen and oxygen atoms in total. The van der Waals surface area contributed by atoms with Crippen molar-refractivity contribution in [2.24, 2.45) is 0 Å². The van der Waals surface area contributed by atoms with Crippen molar-refractivity contribution in [2.45, 2.75) is 38.0 Å². The molecule has 1 saturated heterocycles. The summed E-state index contributed by atoms with van der Waals surface area (Å²) in [6, 6.07) is 18.5. The first-order valence-corrected chi connectivity index (χ1v) is 17.1. The fraction of sp³-hybridized carbons (Fsp3) is 0.286. The quantitative estimate of drug-likeness (QED) is 0.272. The number of aryl methyl sites for hydroxylation is 4. The lowest BCUT2D eigenvalue weighted by atomic mass is 9.86. The zero-order chi connectivity index (χ0) is 35.2. The Bertz CT molecular complexity index is 2110. The number of rotatable bonds is 3. The van der Waals surface area contributed by atoms with Gasteiger partial charge in [-0.3, -0.25) is 19.7 Å². The maximum Gasteiger partial charge on any atom is 0.216 e. The van der Waals surface area contributed by atoms with Gasteiger partial charge in [0.25, 0.3) is 0 Å². The number of ketones is 1. The molecule has 2 aliphatic carbocycles. The van der Waals surface area contributed by atoms with Gasteiger partial charge in [0.05, 0.1) is 18.9 Å². The van der Waals surface area contributed by atoms with E-state index in [1.807, 2.05) is 36.4 Å². The normalized spacial score (nSPS) is 17.9. The minimum Gasteiger partial charge on any atom is -0.379 e. The largest absolute Gasteiger partial charge is 0.379 e. The molecule has 0 saturated carbocycles. The zero-order valence-electron chi connectivity index (χ0n) is 27.4. The predicted molar refractivity (Wildman–Crippen MR) is 186 cm³/mol. The van der Waals surface area contributed by atoms with Gasteiger partial charge in [0.1, 0.15) is 12.4 Å². The molecule has 2 aromatic carbocycles. The van der Waals surface area contributed by atoms with Crippen LogP contribution in [0.1, 0.15) is 55.4 Å². The van der Waals surface area contributed by atoms with Crippen LogP contribution in [0.15, 0.2) is 79.4 Å². The number of nitrogens with zero attached hydrogens (tertiary/aromatic N) is 10. The van der Waals surface area contributed by atoms with Gasteiger partial charge in [0, 0.05) is 46.7 Å². The number of morpholine rings is 1. The Morgan fingerprint density at radius 2 is 1.57 bits per heavy atom. The maximum absolute atomic E-state index is 12.3. The van der Waals surface area contributed by atoms with Gasteiger partial charge in [0.15, 0.2) is 11.9 Å². The molecule has 1 aliphatic heterocycles. The van der Waals surface area contributed by atoms with Crippen LogP contribution in [-0.2, 0) is 42.7 Å². The summed E-state index contributed by atoms with van der Waals surface area (Å²) in [5.74, 6) is 0.183. The number of H-pyrrole nitrogens is 1. The first kappa shape index (κ1) is 34.5. The number of ether oxygens (including phenoxy) is 1. The Kier molecular flexibility index (Phi) is 10.5. The molecule has 51 heavy (non-hydrogen) atoms. The van der Waals surface area contributed by atoms with Crippen molar-refractivity contribution in [3.05, 3.63) is 140 Å². The summed E-state index contributed by atoms with van der Waals surface area (Å²) in [6.07, 6.45) is 7.96. The lowest BCUT2D eigenvalue weighted by Crippen LogP contribution is -2.38. The zero-order valence-corrected chi connectivity index (χ0v) is 28.9. The Morgan fingerprint density at radius 3 is 2.33 bits per heavy atom. The summed E-state index contributed by atoms with van der Waals surface area (Å²) in [4.78, 5) is 24.7. The van der Waals surface area contributed by atoms with E-state index in [1.165, 1.54) is 6.33 Å². The topological polar surface area (TPSA) is 174 Å². The monoisotopic (exact) mass is 725 g/mol. The van der Waals surface area contributed by atoms with Crippen LogP contribution >= 0.6 is 23.2 Å². The summed E-state index contributed by atoms with van der Waals surface area (Å²) >= 11 is 12.1. The molecule has 0 spiro atoms. The SMILES string of the molecule is O=C1c2ccc(Cl)cc2CCc2cccnc21.OC1(c2nn[nH]n2)c2ccc(Cl)cc2CCc2cccnc21.c1nnn(CN2CCOCC2)n1. The van der Waals surface area contributed by atoms with Crippen molar-refractivity contribution in [3.63, 3.8) is 0 Å². The third-order valence-corrected chi connectivity index (χ3v) is 9.40. The van der Waals surface area contributed by atoms with E-state index >= 15 is 0 Å². The van der Waals surface area contributed by atoms with E-state index in [2.05, 4.69) is 50.9 Å². The average Bonchev–Trinajstić information content (AvgIpc) is 3.86. The first-order chi connectivity index (χ1) is 24.9. The lowest BCUT2D eigenvalue weighted by molar-refractivity contribution is 0.0184. The molecule has 0 bridgehead atoms. The van der Waals surface area contributed by atoms with Crippen LogP contribution in [0.25, 0.3) is 0 Å². The third kappa shape index (κ3) is 7.55. The molecule has 1 atom stereocenters. The van der Waals surface area contributed by atoms with E-state index < -0.39 is 5.60 Å². The van der Waals surface area contributed by atoms with E-state index in [4.69, 9.17) is 27.9 Å². The van der Waals surface area contributed by atoms with Gasteiger partial charge >= 0.3 is 0 Å². The standard InChI is InChI=1S/C15H12ClN5O.C14H10ClNO.C6H11N5O/c16-11-5-6-12-10(8-11)4-3-9-2-1-7-17-13(9)15(12,22)14-18-20-21-19-14;15-11-5-6-12-10(8-11)4-3-9-2-1-7-16-13(9)14(12)17;1-3-12-4-2-10(1)6-11-8-5-7-9-11/h1-2,5-8,22H,3-4H2,(H,18,19,20,21);1-2,5-8H,3-4H2;5H,1-4,6H2. The number of aliphatic hydroxyl groups is 1. The molecule has 1 unspecified atom stereocenters. The van der Waals surface area contributed by atoms with Crippen LogP contribution in [0.3, 0.4) is 0 Å². The van der Waals surface area contributed by atoms with Gasteiger partial charge in [0.2, 0.25) is 11.6 Å². The number of hydrogen-bond donors (Lipinski definition) is 2. The van der Waals surface area contributed by atoms with E-state index in [0.29, 0.717) is 33.7 Å². The van der Waals surface area contributed by atoms with E-state index in [1.54, 1.807) is 41.5 Å². The number of benzene rings is 2. The Morgan fingerprint density at radius 1 is 0.863 bits per heavy atom. The number of aromatic amines is 1. The highest BCUT2D eigenvalue weighted by Crippen LogP contribution is 2.40. The van der Waals surface area contributed by atoms with Crippen LogP contribution in [0.5, 0.6) is 0 Å². The fourth-order valence-corrected chi connectivity index (χ4v) is 6.82. The van der Waals surface area contributed by atoms with Gasteiger partial charge in [-0.1, -0.05) is 46.6 Å². The molecule has 5 heterocycles. The van der Waals surface area contributed by atoms with Crippen LogP contribution in [-0.4, -0.2) is 92.9 Å². The number of nitrogens with one attached hydrogen (secondary N) is 1. The number of carbonyl (C=O) groups excluding carboxylic acids is 1. The molecule has 6 aromatic rings. The molecule has 260 valence electrons. The second kappa shape index (κ2) is 15.5. The predicted octanol–water partition coefficient (Wildman–Crippen LogP) is 3.66. The number of aromatic nitrogens is 10. The van der Waals surface area contributed by atoms with Gasteiger partial charge in [-0.15, -0.1) is 25.2 Å². The van der Waals surface area contributed by atoms with Gasteiger partial charge in [-0.25, -0.2) is 0 Å². The molecule has 9 rings (SSSR count). The van der Waals surface area contributed by atoms with Gasteiger partial charge < -0.3 is 9.84 Å². The number of pyridine rings is 2. The molecule has 4 aromatic heterocycles. The van der Waals surface area contributed by atoms with Crippen LogP contribution in [0.4, 0.5) is 0 Å². The summed E-state index contributed by atoms with van der Waals surface area (Å²) < 4.78 is 5.21. The number of tetrazole rings is 2. The molecular weight excluding hydrogens is 693 g/mol. The minimum atomic E-state index is -1.54. The minimum absolute atomic E-state index is 0.00441. The van der Waals surface area contributed by atoms with Gasteiger partial charge in [-0.2, -0.15) is 5.21 Å². The molecule has 16 heteroatoms. The van der Waals surface area contributed by atoms with Crippen molar-refractivity contribution < 1.29 is 14.6 Å². The van der Waals surface area contributed by atoms with Crippen LogP contribution < -0.4 is 0 Å². The van der Waals surface area contributed by atoms with Crippen molar-refractivity contribution in [2.75, 3.05) is 26.3 Å². The summed E-state index contributed by atoms with van der Waals surface area (Å²) in [5.41, 5.74) is 4.94. The van der Waals surface area contributed by atoms with Gasteiger partial charge in [-0.05, 0) is 95.6 Å². The van der Waals surface area contributed by atoms with Crippen molar-refractivity contribution in [1.82, 2.24) is 55.7 Å². The van der Waals surface area contributed by atoms with E-state index in [0.717, 1.165) is 79.8 Å². The van der Waals surface area contributed by atoms with Crippen LogP contribution in [0, 0.1) is 0 Å². The second-order valence-electron chi connectivity index (χ2n) is 12.1. The average molecular weight is 727 g/mol. The van der Waals surface area contributed by atoms with Crippen molar-refractivity contribution in [1.29, 1.82) is 0 Å². The Hall–Kier alpha value is -4.99. The lowest BCUT2D eigenvalue weighted by Gasteiger charge is -2.26. The summed E-state index contributed by atoms with van der Waals surface area (Å²) in [5, 5.41) is 38.2. The molecule has 1 fully saturated rings. The molecule has 2 N–H and O–H groups in total. The highest BCUT2D eigenvalue weighted by Gasteiger charge is 2.44. The number of hydrogen-bond acceptors (Lipinski definition) is 12. The maximum atomic E-state index is 12.3. The van der Waals surface area contributed by atoms with Crippen molar-refractivity contribution in [3.8, 4) is 0 Å². The molecule has 3 aliphatic rings. The molecular formula is C35H33Cl2N11O3. The van der Waals surface area contributed by atoms with E-state index in [-0.39, 0.29) is 11.6 Å². The summed E-state index contributed by atoms with van der Waals surface area (Å²) in [7, 11) is 0. The smallest absolute Gasteiger partial charge is 0.216 e. The Balaban J connectivity index is 0.000000125. The van der Waals surface area contributed by atoms with E-state index in [9.17, 15) is 9.90 Å². The first-order valence-electron chi connectivity index (χ1n) is 16.4. The molecule has 0 amide bonds. The highest BCUT2D eigenvalue weighted by molar-refractivity contribution is 6.31. The number of fused-ring (bicyclic) bond motifs is 4. The third-order valence-electron chi connectivity index (χ3n) is 8.93. The fourth-order valence-electron chi connectivity index (χ4n) is 6.43. The second-order valence-corrected chi connectivity index (χ2v) is 13.0. The Labute approximate surface area is 302 Å². The summed E-state index contributed by atoms with van der Waals surface area (Å²) in [6.45, 7) is 4.20. The van der Waals surface area contributed by atoms with Crippen LogP contribution in [0.2, 0.25) is 10.0 Å². The number of halogens is 2. The molecule has 0 radical (unpaired) electrons. The number of carbonyl (C=O) groups is 1.